The molecule has 6 atom stereocenters. The molecule has 15 heteroatoms. The van der Waals surface area contributed by atoms with Crippen molar-refractivity contribution in [1.82, 2.24) is 24.6 Å². The summed E-state index contributed by atoms with van der Waals surface area (Å²) in [5.74, 6) is 0.418. The van der Waals surface area contributed by atoms with E-state index in [1.807, 2.05) is 0 Å². The number of rotatable bonds is 11. The van der Waals surface area contributed by atoms with E-state index in [4.69, 9.17) is 18.5 Å². The first-order valence-electron chi connectivity index (χ1n) is 12.4. The maximum Gasteiger partial charge on any atom is 0.459 e. The maximum absolute atomic E-state index is 15.3. The molecule has 2 aromatic heterocycles. The molecule has 0 bridgehead atoms. The van der Waals surface area contributed by atoms with Crippen LogP contribution in [-0.4, -0.2) is 74.8 Å². The van der Waals surface area contributed by atoms with Gasteiger partial charge in [0.15, 0.2) is 29.4 Å². The Morgan fingerprint density at radius 1 is 1.26 bits per heavy atom. The van der Waals surface area contributed by atoms with Gasteiger partial charge in [-0.3, -0.25) is 13.9 Å². The van der Waals surface area contributed by atoms with Crippen LogP contribution in [0.15, 0.2) is 36.7 Å². The van der Waals surface area contributed by atoms with Crippen molar-refractivity contribution in [1.29, 1.82) is 0 Å². The van der Waals surface area contributed by atoms with Gasteiger partial charge in [0, 0.05) is 7.05 Å². The van der Waals surface area contributed by atoms with E-state index in [0.717, 1.165) is 0 Å². The van der Waals surface area contributed by atoms with Crippen molar-refractivity contribution in [3.63, 3.8) is 0 Å². The normalized spacial score (nSPS) is 23.5. The molecule has 1 aliphatic rings. The van der Waals surface area contributed by atoms with E-state index >= 15 is 4.39 Å². The summed E-state index contributed by atoms with van der Waals surface area (Å²) >= 11 is 0. The number of aromatic nitrogens is 4. The van der Waals surface area contributed by atoms with Crippen molar-refractivity contribution >= 4 is 30.7 Å². The highest BCUT2D eigenvalue weighted by Crippen LogP contribution is 2.46. The number of nitrogens with one attached hydrogen (secondary N) is 2. The molecule has 0 saturated carbocycles. The lowest BCUT2D eigenvalue weighted by Gasteiger charge is -2.25. The number of alkyl halides is 1. The van der Waals surface area contributed by atoms with Gasteiger partial charge in [-0.15, -0.1) is 0 Å². The fraction of sp³-hybridized carbons (Fsp3) is 0.500. The third-order valence-electron chi connectivity index (χ3n) is 5.77. The van der Waals surface area contributed by atoms with E-state index in [2.05, 4.69) is 25.4 Å². The number of anilines is 1. The van der Waals surface area contributed by atoms with Gasteiger partial charge >= 0.3 is 13.7 Å². The van der Waals surface area contributed by atoms with Crippen molar-refractivity contribution in [2.24, 2.45) is 0 Å². The van der Waals surface area contributed by atoms with Crippen LogP contribution in [0.3, 0.4) is 0 Å². The minimum absolute atomic E-state index is 0.201. The summed E-state index contributed by atoms with van der Waals surface area (Å²) in [7, 11) is -2.57. The average molecular weight is 567 g/mol. The van der Waals surface area contributed by atoms with Crippen LogP contribution >= 0.6 is 7.75 Å². The number of halogens is 1. The molecule has 0 radical (unpaired) electrons. The first-order valence-corrected chi connectivity index (χ1v) is 13.9. The lowest BCUT2D eigenvalue weighted by atomic mass is 10.1. The quantitative estimate of drug-likeness (QED) is 0.230. The number of hydrogen-bond donors (Lipinski definition) is 3. The maximum atomic E-state index is 15.3. The van der Waals surface area contributed by atoms with Crippen LogP contribution in [0.5, 0.6) is 5.75 Å². The smallest absolute Gasteiger partial charge is 0.459 e. The average Bonchev–Trinajstić information content (AvgIpc) is 3.42. The fourth-order valence-electron chi connectivity index (χ4n) is 3.96. The lowest BCUT2D eigenvalue weighted by molar-refractivity contribution is -0.149. The van der Waals surface area contributed by atoms with Gasteiger partial charge in [-0.2, -0.15) is 5.09 Å². The van der Waals surface area contributed by atoms with E-state index in [9.17, 15) is 14.5 Å². The predicted octanol–water partition coefficient (Wildman–Crippen LogP) is 2.91. The van der Waals surface area contributed by atoms with E-state index < -0.39 is 57.1 Å². The van der Waals surface area contributed by atoms with Gasteiger partial charge in [0.2, 0.25) is 0 Å². The second-order valence-electron chi connectivity index (χ2n) is 9.23. The molecule has 39 heavy (non-hydrogen) atoms. The van der Waals surface area contributed by atoms with Crippen LogP contribution in [0, 0.1) is 6.92 Å². The Labute approximate surface area is 224 Å². The first kappa shape index (κ1) is 28.8. The van der Waals surface area contributed by atoms with Gasteiger partial charge in [-0.1, -0.05) is 18.2 Å². The van der Waals surface area contributed by atoms with Crippen molar-refractivity contribution in [3.05, 3.63) is 42.5 Å². The van der Waals surface area contributed by atoms with E-state index in [1.165, 1.54) is 17.8 Å². The highest BCUT2D eigenvalue weighted by molar-refractivity contribution is 7.52. The zero-order chi connectivity index (χ0) is 28.3. The van der Waals surface area contributed by atoms with Gasteiger partial charge in [0.05, 0.1) is 19.0 Å². The monoisotopic (exact) mass is 566 g/mol. The topological polar surface area (TPSA) is 159 Å². The number of esters is 1. The van der Waals surface area contributed by atoms with Crippen molar-refractivity contribution in [2.45, 2.75) is 64.4 Å². The Morgan fingerprint density at radius 3 is 2.64 bits per heavy atom. The Morgan fingerprint density at radius 2 is 1.97 bits per heavy atom. The van der Waals surface area contributed by atoms with E-state index in [0.29, 0.717) is 22.8 Å². The summed E-state index contributed by atoms with van der Waals surface area (Å²) in [5.41, 5.74) is 0.714. The van der Waals surface area contributed by atoms with Gasteiger partial charge < -0.3 is 24.4 Å². The number of nitrogens with zero attached hydrogens (tertiary/aromatic N) is 4. The van der Waals surface area contributed by atoms with Gasteiger partial charge in [-0.25, -0.2) is 23.9 Å². The predicted molar refractivity (Wildman–Crippen MR) is 139 cm³/mol. The molecule has 0 spiro atoms. The molecule has 13 nitrogen and oxygen atoms in total. The number of benzene rings is 1. The SMILES string of the molecule is CNc1nc(C)nc2c1ncn2[C@@H]1O[C@H](CO[P@](=O)(N[C@@H](C)C(=O)OC(C)C)Oc2ccccc2)[C@@H](O)[C@@H]1F. The van der Waals surface area contributed by atoms with Gasteiger partial charge in [0.25, 0.3) is 0 Å². The first-order chi connectivity index (χ1) is 18.5. The number of fused-ring (bicyclic) bond motifs is 1. The highest BCUT2D eigenvalue weighted by Gasteiger charge is 2.47. The van der Waals surface area contributed by atoms with Crippen LogP contribution in [0.4, 0.5) is 10.2 Å². The third-order valence-corrected chi connectivity index (χ3v) is 7.42. The summed E-state index contributed by atoms with van der Waals surface area (Å²) in [5, 5.41) is 16.1. The largest absolute Gasteiger partial charge is 0.462 e. The second-order valence-corrected chi connectivity index (χ2v) is 10.9. The highest BCUT2D eigenvalue weighted by atomic mass is 31.2. The molecular formula is C24H32FN6O7P. The van der Waals surface area contributed by atoms with Crippen molar-refractivity contribution in [2.75, 3.05) is 19.0 Å². The number of carbonyl (C=O) groups is 1. The molecule has 3 N–H and O–H groups in total. The standard InChI is InChI=1S/C24H32FN6O7P/c1-13(2)36-24(33)14(3)30-39(34,38-16-9-7-6-8-10-16)35-11-17-20(32)18(25)23(37-17)31-12-27-19-21(26-5)28-15(4)29-22(19)31/h6-10,12-14,17-18,20,23,32H,11H2,1-5H3,(H,30,34)(H,26,28,29)/t14-,17+,18-,20+,23+,39+/m0/s1. The minimum atomic E-state index is -4.24. The van der Waals surface area contributed by atoms with E-state index in [1.54, 1.807) is 58.2 Å². The van der Waals surface area contributed by atoms with Crippen LogP contribution in [0.1, 0.15) is 32.8 Å². The molecule has 4 rings (SSSR count). The minimum Gasteiger partial charge on any atom is -0.462 e. The third kappa shape index (κ3) is 6.53. The summed E-state index contributed by atoms with van der Waals surface area (Å²) in [4.78, 5) is 25.2. The number of imidazole rings is 1. The number of aliphatic hydroxyl groups is 1. The molecule has 1 aromatic carbocycles. The molecule has 1 fully saturated rings. The zero-order valence-electron chi connectivity index (χ0n) is 22.1. The molecule has 0 unspecified atom stereocenters. The lowest BCUT2D eigenvalue weighted by Crippen LogP contribution is -2.37. The number of aliphatic hydroxyl groups excluding tert-OH is 1. The van der Waals surface area contributed by atoms with Crippen LogP contribution in [-0.2, 0) is 23.4 Å². The number of hydrogen-bond acceptors (Lipinski definition) is 11. The molecule has 1 aliphatic heterocycles. The van der Waals surface area contributed by atoms with Crippen molar-refractivity contribution in [3.8, 4) is 5.75 Å². The van der Waals surface area contributed by atoms with Crippen LogP contribution in [0.2, 0.25) is 0 Å². The van der Waals surface area contributed by atoms with Gasteiger partial charge in [0.1, 0.15) is 29.8 Å². The summed E-state index contributed by atoms with van der Waals surface area (Å²) in [6.07, 6.45) is -5.09. The van der Waals surface area contributed by atoms with E-state index in [-0.39, 0.29) is 5.75 Å². The molecule has 3 heterocycles. The molecule has 1 saturated heterocycles. The number of carbonyl (C=O) groups excluding carboxylic acids is 1. The summed E-state index contributed by atoms with van der Waals surface area (Å²) in [6.45, 7) is 5.96. The second kappa shape index (κ2) is 11.9. The fourth-order valence-corrected chi connectivity index (χ4v) is 5.46. The summed E-state index contributed by atoms with van der Waals surface area (Å²) in [6, 6.07) is 7.11. The van der Waals surface area contributed by atoms with Crippen LogP contribution in [0.25, 0.3) is 11.2 Å². The molecule has 0 amide bonds. The number of para-hydroxylation sites is 1. The molecule has 3 aromatic rings. The van der Waals surface area contributed by atoms with Crippen LogP contribution < -0.4 is 14.9 Å². The molecular weight excluding hydrogens is 534 g/mol. The molecule has 0 aliphatic carbocycles. The number of aryl methyl sites for hydroxylation is 1. The number of ether oxygens (including phenoxy) is 2. The zero-order valence-corrected chi connectivity index (χ0v) is 23.0. The van der Waals surface area contributed by atoms with Crippen molar-refractivity contribution < 1.29 is 37.4 Å². The Hall–Kier alpha value is -3.16. The van der Waals surface area contributed by atoms with Gasteiger partial charge in [-0.05, 0) is 39.8 Å². The summed E-state index contributed by atoms with van der Waals surface area (Å²) < 4.78 is 52.5. The Kier molecular flexibility index (Phi) is 8.82. The molecule has 212 valence electrons. The Balaban J connectivity index is 1.52. The Bertz CT molecular complexity index is 1340.